The van der Waals surface area contributed by atoms with Crippen LogP contribution >= 0.6 is 0 Å². The zero-order valence-corrected chi connectivity index (χ0v) is 18.4. The summed E-state index contributed by atoms with van der Waals surface area (Å²) in [4.78, 5) is 0. The fourth-order valence-electron chi connectivity index (χ4n) is 4.98. The number of fused-ring (bicyclic) bond motifs is 2. The van der Waals surface area contributed by atoms with E-state index in [1.165, 1.54) is 35.1 Å². The fraction of sp³-hybridized carbons (Fsp3) is 0.538. The van der Waals surface area contributed by atoms with E-state index in [2.05, 4.69) is 68.4 Å². The summed E-state index contributed by atoms with van der Waals surface area (Å²) in [6.45, 7) is 21.1. The Morgan fingerprint density at radius 2 is 1.23 bits per heavy atom. The molecular weight excluding hydrogens is 312 g/mol. The van der Waals surface area contributed by atoms with Crippen molar-refractivity contribution < 1.29 is 0 Å². The fourth-order valence-corrected chi connectivity index (χ4v) is 4.98. The van der Waals surface area contributed by atoms with Crippen molar-refractivity contribution in [3.63, 3.8) is 0 Å². The molecule has 0 radical (unpaired) electrons. The zero-order valence-electron chi connectivity index (χ0n) is 18.4. The van der Waals surface area contributed by atoms with Crippen molar-refractivity contribution in [1.82, 2.24) is 0 Å². The van der Waals surface area contributed by atoms with Gasteiger partial charge in [-0.25, -0.2) is 0 Å². The van der Waals surface area contributed by atoms with Crippen LogP contribution in [-0.2, 0) is 25.7 Å². The van der Waals surface area contributed by atoms with Gasteiger partial charge in [-0.2, -0.15) is 0 Å². The summed E-state index contributed by atoms with van der Waals surface area (Å²) in [7, 11) is 0. The Bertz CT molecular complexity index is 873. The summed E-state index contributed by atoms with van der Waals surface area (Å²) >= 11 is 0. The smallest absolute Gasteiger partial charge is 0.00147 e. The zero-order chi connectivity index (χ0) is 19.4. The molecule has 0 N–H and O–H groups in total. The van der Waals surface area contributed by atoms with Crippen LogP contribution in [0, 0.1) is 47.0 Å². The number of hydrogen-bond donors (Lipinski definition) is 0. The number of rotatable bonds is 1. The molecule has 0 atom stereocenters. The molecule has 2 aromatic carbocycles. The average Bonchev–Trinajstić information content (AvgIpc) is 2.74. The molecular formula is C26H36. The molecule has 2 aromatic rings. The van der Waals surface area contributed by atoms with E-state index in [4.69, 9.17) is 0 Å². The lowest BCUT2D eigenvalue weighted by Crippen LogP contribution is -2.15. The average molecular weight is 349 g/mol. The Hall–Kier alpha value is -1.56. The van der Waals surface area contributed by atoms with Gasteiger partial charge in [-0.15, -0.1) is 0 Å². The Kier molecular flexibility index (Phi) is 4.84. The SMILES string of the molecule is Cc1cc(C)c2c(c1C)CCc1c(C)c(C)c(CC(C)(C)C)c(C)c1C2. The summed E-state index contributed by atoms with van der Waals surface area (Å²) < 4.78 is 0. The standard InChI is InChI=1S/C26H36/c1-15-12-16(2)23-13-24-20(6)25(14-26(7,8)9)19(5)18(4)22(24)11-10-21(23)17(15)3/h12H,10-11,13-14H2,1-9H3. The largest absolute Gasteiger partial charge is 0.0599 e. The number of benzene rings is 2. The first-order valence-electron chi connectivity index (χ1n) is 10.2. The molecule has 0 saturated carbocycles. The lowest BCUT2D eigenvalue weighted by molar-refractivity contribution is 0.409. The molecule has 0 amide bonds. The van der Waals surface area contributed by atoms with Crippen molar-refractivity contribution in [3.05, 3.63) is 67.3 Å². The molecule has 1 aliphatic carbocycles. The van der Waals surface area contributed by atoms with Crippen molar-refractivity contribution in [3.8, 4) is 0 Å². The molecule has 26 heavy (non-hydrogen) atoms. The van der Waals surface area contributed by atoms with E-state index in [1.807, 2.05) is 0 Å². The van der Waals surface area contributed by atoms with E-state index in [0.717, 1.165) is 12.8 Å². The third kappa shape index (κ3) is 3.24. The molecule has 3 rings (SSSR count). The van der Waals surface area contributed by atoms with Gasteiger partial charge in [-0.3, -0.25) is 0 Å². The van der Waals surface area contributed by atoms with Gasteiger partial charge < -0.3 is 0 Å². The molecule has 0 spiro atoms. The van der Waals surface area contributed by atoms with E-state index in [9.17, 15) is 0 Å². The highest BCUT2D eigenvalue weighted by atomic mass is 14.3. The predicted molar refractivity (Wildman–Crippen MR) is 115 cm³/mol. The molecule has 0 aliphatic heterocycles. The van der Waals surface area contributed by atoms with Crippen LogP contribution in [0.5, 0.6) is 0 Å². The van der Waals surface area contributed by atoms with Gasteiger partial charge in [0.2, 0.25) is 0 Å². The molecule has 140 valence electrons. The summed E-state index contributed by atoms with van der Waals surface area (Å²) in [5, 5.41) is 0. The number of aryl methyl sites for hydroxylation is 2. The normalized spacial score (nSPS) is 14.0. The minimum atomic E-state index is 0.322. The second kappa shape index (κ2) is 6.55. The van der Waals surface area contributed by atoms with Crippen molar-refractivity contribution in [2.24, 2.45) is 5.41 Å². The van der Waals surface area contributed by atoms with E-state index in [1.54, 1.807) is 38.9 Å². The van der Waals surface area contributed by atoms with Crippen LogP contribution in [0.4, 0.5) is 0 Å². The molecule has 0 bridgehead atoms. The Balaban J connectivity index is 2.23. The Labute approximate surface area is 161 Å². The van der Waals surface area contributed by atoms with Gasteiger partial charge in [-0.1, -0.05) is 26.8 Å². The van der Waals surface area contributed by atoms with E-state index < -0.39 is 0 Å². The van der Waals surface area contributed by atoms with Gasteiger partial charge in [-0.05, 0) is 134 Å². The van der Waals surface area contributed by atoms with E-state index in [0.29, 0.717) is 5.41 Å². The van der Waals surface area contributed by atoms with Gasteiger partial charge in [0.15, 0.2) is 0 Å². The van der Waals surface area contributed by atoms with Crippen LogP contribution in [0.2, 0.25) is 0 Å². The van der Waals surface area contributed by atoms with Crippen LogP contribution in [0.15, 0.2) is 6.07 Å². The molecule has 0 aromatic heterocycles. The van der Waals surface area contributed by atoms with Gasteiger partial charge >= 0.3 is 0 Å². The van der Waals surface area contributed by atoms with Crippen LogP contribution in [0.1, 0.15) is 82.0 Å². The third-order valence-corrected chi connectivity index (χ3v) is 6.74. The predicted octanol–water partition coefficient (Wildman–Crippen LogP) is 6.82. The highest BCUT2D eigenvalue weighted by molar-refractivity contribution is 5.57. The highest BCUT2D eigenvalue weighted by Gasteiger charge is 2.25. The van der Waals surface area contributed by atoms with Gasteiger partial charge in [0.1, 0.15) is 0 Å². The Morgan fingerprint density at radius 1 is 0.654 bits per heavy atom. The minimum Gasteiger partial charge on any atom is -0.0599 e. The minimum absolute atomic E-state index is 0.322. The van der Waals surface area contributed by atoms with Gasteiger partial charge in [0, 0.05) is 0 Å². The lowest BCUT2D eigenvalue weighted by Gasteiger charge is -2.26. The summed E-state index contributed by atoms with van der Waals surface area (Å²) in [6.07, 6.45) is 4.66. The molecule has 1 aliphatic rings. The second-order valence-corrected chi connectivity index (χ2v) is 9.82. The van der Waals surface area contributed by atoms with E-state index >= 15 is 0 Å². The van der Waals surface area contributed by atoms with Crippen molar-refractivity contribution in [1.29, 1.82) is 0 Å². The van der Waals surface area contributed by atoms with Crippen LogP contribution in [0.3, 0.4) is 0 Å². The first-order valence-corrected chi connectivity index (χ1v) is 10.2. The maximum Gasteiger partial charge on any atom is -0.00147 e. The van der Waals surface area contributed by atoms with Gasteiger partial charge in [0.25, 0.3) is 0 Å². The van der Waals surface area contributed by atoms with Crippen molar-refractivity contribution in [2.75, 3.05) is 0 Å². The first-order chi connectivity index (χ1) is 12.0. The maximum atomic E-state index is 2.39. The summed E-state index contributed by atoms with van der Waals surface area (Å²) in [5.41, 5.74) is 17.5. The third-order valence-electron chi connectivity index (χ3n) is 6.74. The van der Waals surface area contributed by atoms with Crippen molar-refractivity contribution >= 4 is 0 Å². The quantitative estimate of drug-likeness (QED) is 0.530. The molecule has 0 saturated heterocycles. The van der Waals surface area contributed by atoms with Crippen LogP contribution < -0.4 is 0 Å². The summed E-state index contributed by atoms with van der Waals surface area (Å²) in [5.74, 6) is 0. The highest BCUT2D eigenvalue weighted by Crippen LogP contribution is 2.37. The molecule has 0 heteroatoms. The topological polar surface area (TPSA) is 0 Å². The second-order valence-electron chi connectivity index (χ2n) is 9.82. The van der Waals surface area contributed by atoms with E-state index in [-0.39, 0.29) is 0 Å². The number of hydrogen-bond acceptors (Lipinski definition) is 0. The van der Waals surface area contributed by atoms with Crippen LogP contribution in [-0.4, -0.2) is 0 Å². The molecule has 0 nitrogen and oxygen atoms in total. The maximum absolute atomic E-state index is 2.39. The van der Waals surface area contributed by atoms with Gasteiger partial charge in [0.05, 0.1) is 0 Å². The van der Waals surface area contributed by atoms with Crippen molar-refractivity contribution in [2.45, 2.75) is 88.0 Å². The lowest BCUT2D eigenvalue weighted by atomic mass is 9.79. The Morgan fingerprint density at radius 3 is 1.81 bits per heavy atom. The monoisotopic (exact) mass is 348 g/mol. The molecule has 0 unspecified atom stereocenters. The summed E-state index contributed by atoms with van der Waals surface area (Å²) in [6, 6.07) is 2.39. The first kappa shape index (κ1) is 19.2. The molecule has 0 fully saturated rings. The molecule has 0 heterocycles. The van der Waals surface area contributed by atoms with Crippen LogP contribution in [0.25, 0.3) is 0 Å².